The van der Waals surface area contributed by atoms with Gasteiger partial charge < -0.3 is 10.1 Å². The molecule has 1 aliphatic rings. The van der Waals surface area contributed by atoms with E-state index in [9.17, 15) is 0 Å². The molecule has 1 heterocycles. The molecule has 2 aromatic carbocycles. The predicted octanol–water partition coefficient (Wildman–Crippen LogP) is 5.01. The fraction of sp³-hybridized carbons (Fsp3) is 0.333. The molecule has 0 saturated heterocycles. The number of fused-ring (bicyclic) bond motifs is 1. The van der Waals surface area contributed by atoms with E-state index in [-0.39, 0.29) is 0 Å². The lowest BCUT2D eigenvalue weighted by Gasteiger charge is -2.23. The van der Waals surface area contributed by atoms with Crippen LogP contribution in [0.25, 0.3) is 0 Å². The van der Waals surface area contributed by atoms with Gasteiger partial charge in [0.25, 0.3) is 0 Å². The zero-order chi connectivity index (χ0) is 14.7. The van der Waals surface area contributed by atoms with Gasteiger partial charge in [-0.05, 0) is 37.5 Å². The van der Waals surface area contributed by atoms with Crippen molar-refractivity contribution in [2.24, 2.45) is 0 Å². The fourth-order valence-electron chi connectivity index (χ4n) is 2.86. The summed E-state index contributed by atoms with van der Waals surface area (Å²) in [6, 6.07) is 17.6. The molecule has 0 fully saturated rings. The van der Waals surface area contributed by atoms with E-state index >= 15 is 0 Å². The Labute approximate surface area is 134 Å². The molecule has 2 atom stereocenters. The molecular weight excluding hydrogens is 326 g/mol. The van der Waals surface area contributed by atoms with Gasteiger partial charge in [-0.1, -0.05) is 52.3 Å². The molecule has 0 bridgehead atoms. The van der Waals surface area contributed by atoms with Crippen LogP contribution in [0.5, 0.6) is 5.75 Å². The minimum atomic E-state index is 0.325. The van der Waals surface area contributed by atoms with Gasteiger partial charge in [0.2, 0.25) is 0 Å². The fourth-order valence-corrected chi connectivity index (χ4v) is 3.20. The lowest BCUT2D eigenvalue weighted by atomic mass is 9.99. The third kappa shape index (κ3) is 3.47. The van der Waals surface area contributed by atoms with Crippen molar-refractivity contribution in [2.45, 2.75) is 31.8 Å². The van der Waals surface area contributed by atoms with Crippen molar-refractivity contribution in [3.05, 3.63) is 64.1 Å². The van der Waals surface area contributed by atoms with Gasteiger partial charge in [-0.15, -0.1) is 0 Å². The largest absolute Gasteiger partial charge is 0.493 e. The number of halogens is 1. The smallest absolute Gasteiger partial charge is 0.125 e. The monoisotopic (exact) mass is 345 g/mol. The first-order valence-electron chi connectivity index (χ1n) is 7.47. The first kappa shape index (κ1) is 14.6. The van der Waals surface area contributed by atoms with E-state index < -0.39 is 0 Å². The Morgan fingerprint density at radius 1 is 1.19 bits per heavy atom. The molecule has 0 amide bonds. The summed E-state index contributed by atoms with van der Waals surface area (Å²) in [4.78, 5) is 0. The minimum absolute atomic E-state index is 0.325. The summed E-state index contributed by atoms with van der Waals surface area (Å²) in [5.41, 5.74) is 2.58. The molecule has 21 heavy (non-hydrogen) atoms. The Hall–Kier alpha value is -1.32. The van der Waals surface area contributed by atoms with Gasteiger partial charge in [0.05, 0.1) is 6.61 Å². The molecule has 110 valence electrons. The lowest BCUT2D eigenvalue weighted by molar-refractivity contribution is 0.314. The van der Waals surface area contributed by atoms with Crippen LogP contribution >= 0.6 is 15.9 Å². The molecule has 0 aromatic heterocycles. The average Bonchev–Trinajstić information content (AvgIpc) is 2.70. The summed E-state index contributed by atoms with van der Waals surface area (Å²) >= 11 is 3.52. The Bertz CT molecular complexity index is 599. The second-order valence-electron chi connectivity index (χ2n) is 5.52. The summed E-state index contributed by atoms with van der Waals surface area (Å²) < 4.78 is 6.94. The third-order valence-corrected chi connectivity index (χ3v) is 4.49. The van der Waals surface area contributed by atoms with Gasteiger partial charge in [0, 0.05) is 22.1 Å². The molecule has 1 unspecified atom stereocenters. The summed E-state index contributed by atoms with van der Waals surface area (Å²) in [5, 5.41) is 3.76. The molecule has 1 aliphatic heterocycles. The van der Waals surface area contributed by atoms with Crippen molar-refractivity contribution in [1.82, 2.24) is 5.32 Å². The molecule has 0 aliphatic carbocycles. The van der Waals surface area contributed by atoms with Crippen LogP contribution in [0.4, 0.5) is 0 Å². The van der Waals surface area contributed by atoms with Crippen LogP contribution in [0.2, 0.25) is 0 Å². The average molecular weight is 346 g/mol. The van der Waals surface area contributed by atoms with Gasteiger partial charge in [0.1, 0.15) is 5.75 Å². The molecule has 2 nitrogen and oxygen atoms in total. The molecular formula is C18H20BrNO. The summed E-state index contributed by atoms with van der Waals surface area (Å²) in [5.74, 6) is 1.000. The molecule has 3 heteroatoms. The number of ether oxygens (including phenoxy) is 1. The van der Waals surface area contributed by atoms with E-state index in [0.717, 1.165) is 29.7 Å². The predicted molar refractivity (Wildman–Crippen MR) is 89.6 cm³/mol. The Balaban J connectivity index is 1.82. The van der Waals surface area contributed by atoms with Gasteiger partial charge in [-0.3, -0.25) is 0 Å². The van der Waals surface area contributed by atoms with Crippen LogP contribution in [-0.2, 0) is 0 Å². The van der Waals surface area contributed by atoms with E-state index in [0.29, 0.717) is 12.1 Å². The standard InChI is InChI=1S/C18H20BrNO/c1-13(14-6-3-2-4-7-14)20-17-8-5-11-21-18-12-15(19)9-10-16(17)18/h2-4,6-7,9-10,12-13,17,20H,5,8,11H2,1H3/t13-,17?/m0/s1. The van der Waals surface area contributed by atoms with Crippen LogP contribution in [0, 0.1) is 0 Å². The minimum Gasteiger partial charge on any atom is -0.493 e. The van der Waals surface area contributed by atoms with Crippen LogP contribution in [0.3, 0.4) is 0 Å². The molecule has 1 N–H and O–H groups in total. The maximum absolute atomic E-state index is 5.88. The Morgan fingerprint density at radius 3 is 2.81 bits per heavy atom. The molecule has 0 spiro atoms. The number of hydrogen-bond donors (Lipinski definition) is 1. The van der Waals surface area contributed by atoms with Crippen LogP contribution < -0.4 is 10.1 Å². The zero-order valence-electron chi connectivity index (χ0n) is 12.2. The van der Waals surface area contributed by atoms with E-state index in [1.54, 1.807) is 0 Å². The molecule has 2 aromatic rings. The van der Waals surface area contributed by atoms with E-state index in [4.69, 9.17) is 4.74 Å². The first-order valence-corrected chi connectivity index (χ1v) is 8.26. The number of hydrogen-bond acceptors (Lipinski definition) is 2. The van der Waals surface area contributed by atoms with Crippen molar-refractivity contribution in [1.29, 1.82) is 0 Å². The lowest BCUT2D eigenvalue weighted by Crippen LogP contribution is -2.24. The second-order valence-corrected chi connectivity index (χ2v) is 6.44. The zero-order valence-corrected chi connectivity index (χ0v) is 13.8. The van der Waals surface area contributed by atoms with Crippen molar-refractivity contribution < 1.29 is 4.74 Å². The highest BCUT2D eigenvalue weighted by Crippen LogP contribution is 2.35. The topological polar surface area (TPSA) is 21.3 Å². The number of benzene rings is 2. The quantitative estimate of drug-likeness (QED) is 0.843. The summed E-state index contributed by atoms with van der Waals surface area (Å²) in [6.45, 7) is 3.01. The van der Waals surface area contributed by atoms with Gasteiger partial charge in [-0.25, -0.2) is 0 Å². The van der Waals surface area contributed by atoms with Gasteiger partial charge in [-0.2, -0.15) is 0 Å². The molecule has 3 rings (SSSR count). The van der Waals surface area contributed by atoms with Crippen LogP contribution in [-0.4, -0.2) is 6.61 Å². The van der Waals surface area contributed by atoms with Crippen molar-refractivity contribution >= 4 is 15.9 Å². The van der Waals surface area contributed by atoms with E-state index in [1.807, 2.05) is 0 Å². The van der Waals surface area contributed by atoms with Gasteiger partial charge in [0.15, 0.2) is 0 Å². The summed E-state index contributed by atoms with van der Waals surface area (Å²) in [6.07, 6.45) is 2.18. The van der Waals surface area contributed by atoms with E-state index in [2.05, 4.69) is 76.7 Å². The maximum atomic E-state index is 5.88. The van der Waals surface area contributed by atoms with Gasteiger partial charge >= 0.3 is 0 Å². The van der Waals surface area contributed by atoms with Crippen molar-refractivity contribution in [2.75, 3.05) is 6.61 Å². The first-order chi connectivity index (χ1) is 10.2. The Kier molecular flexibility index (Phi) is 4.61. The number of nitrogens with one attached hydrogen (secondary N) is 1. The van der Waals surface area contributed by atoms with Crippen LogP contribution in [0.1, 0.15) is 43.0 Å². The molecule has 0 radical (unpaired) electrons. The third-order valence-electron chi connectivity index (χ3n) is 4.00. The van der Waals surface area contributed by atoms with E-state index in [1.165, 1.54) is 11.1 Å². The normalized spacial score (nSPS) is 19.2. The number of rotatable bonds is 3. The van der Waals surface area contributed by atoms with Crippen molar-refractivity contribution in [3.63, 3.8) is 0 Å². The second kappa shape index (κ2) is 6.63. The van der Waals surface area contributed by atoms with Crippen molar-refractivity contribution in [3.8, 4) is 5.75 Å². The SMILES string of the molecule is C[C@H](NC1CCCOc2cc(Br)ccc21)c1ccccc1. The van der Waals surface area contributed by atoms with Crippen LogP contribution in [0.15, 0.2) is 53.0 Å². The maximum Gasteiger partial charge on any atom is 0.125 e. The highest BCUT2D eigenvalue weighted by atomic mass is 79.9. The summed E-state index contributed by atoms with van der Waals surface area (Å²) in [7, 11) is 0. The molecule has 0 saturated carbocycles. The highest BCUT2D eigenvalue weighted by Gasteiger charge is 2.21. The highest BCUT2D eigenvalue weighted by molar-refractivity contribution is 9.10. The Morgan fingerprint density at radius 2 is 2.00 bits per heavy atom.